The second kappa shape index (κ2) is 21.3. The molecule has 3 aromatic rings. The van der Waals surface area contributed by atoms with Crippen LogP contribution in [0.2, 0.25) is 5.02 Å². The highest BCUT2D eigenvalue weighted by molar-refractivity contribution is 6.32. The van der Waals surface area contributed by atoms with Gasteiger partial charge in [0.05, 0.1) is 31.2 Å². The minimum atomic E-state index is -1.26. The third-order valence-electron chi connectivity index (χ3n) is 7.43. The molecule has 3 heterocycles. The maximum absolute atomic E-state index is 13.2. The number of hydrogen-bond donors (Lipinski definition) is 4. The Kier molecular flexibility index (Phi) is 16.6. The van der Waals surface area contributed by atoms with Crippen molar-refractivity contribution in [2.45, 2.75) is 58.3 Å². The number of anilines is 2. The molecule has 1 aliphatic heterocycles. The third-order valence-corrected chi connectivity index (χ3v) is 7.72. The lowest BCUT2D eigenvalue weighted by Gasteiger charge is -2.26. The number of carbonyl (C=O) groups excluding carboxylic acids is 2. The van der Waals surface area contributed by atoms with E-state index in [-0.39, 0.29) is 30.5 Å². The summed E-state index contributed by atoms with van der Waals surface area (Å²) in [6.07, 6.45) is 8.03. The second-order valence-corrected chi connectivity index (χ2v) is 11.7. The Bertz CT molecular complexity index is 1730. The van der Waals surface area contributed by atoms with Gasteiger partial charge in [-0.25, -0.2) is 24.5 Å². The SMILES string of the molecule is COc1ccc(CNc2nc(N3CCCC3OC(=O)C(C)CCCCO[N+](=O)[O-])ncc2C(=O)NCc2ncccn2)cc1Cl.O=C(O)/C=C/C(=O)O. The van der Waals surface area contributed by atoms with Gasteiger partial charge in [-0.05, 0) is 43.0 Å². The topological polar surface area (TPSA) is 258 Å². The van der Waals surface area contributed by atoms with Gasteiger partial charge < -0.3 is 40.1 Å². The van der Waals surface area contributed by atoms with Crippen molar-refractivity contribution in [3.05, 3.63) is 87.1 Å². The van der Waals surface area contributed by atoms with Crippen LogP contribution in [0.4, 0.5) is 11.8 Å². The van der Waals surface area contributed by atoms with Gasteiger partial charge in [0.1, 0.15) is 23.0 Å². The number of methoxy groups -OCH3 is 1. The lowest BCUT2D eigenvalue weighted by Crippen LogP contribution is -2.36. The number of esters is 1. The van der Waals surface area contributed by atoms with E-state index in [0.717, 1.165) is 12.0 Å². The molecule has 284 valence electrons. The number of carboxylic acids is 2. The summed E-state index contributed by atoms with van der Waals surface area (Å²) in [6.45, 7) is 2.70. The number of carboxylic acid groups (broad SMARTS) is 2. The molecule has 2 aromatic heterocycles. The summed E-state index contributed by atoms with van der Waals surface area (Å²) >= 11 is 6.30. The Hall–Kier alpha value is -6.11. The molecule has 0 aliphatic carbocycles. The fourth-order valence-electron chi connectivity index (χ4n) is 4.78. The van der Waals surface area contributed by atoms with Gasteiger partial charge in [-0.15, -0.1) is 10.1 Å². The van der Waals surface area contributed by atoms with Crippen LogP contribution in [0.3, 0.4) is 0 Å². The van der Waals surface area contributed by atoms with Crippen LogP contribution in [-0.2, 0) is 37.0 Å². The summed E-state index contributed by atoms with van der Waals surface area (Å²) in [5.41, 5.74) is 1.04. The molecule has 19 nitrogen and oxygen atoms in total. The molecule has 4 N–H and O–H groups in total. The summed E-state index contributed by atoms with van der Waals surface area (Å²) in [5.74, 6) is -2.15. The van der Waals surface area contributed by atoms with E-state index >= 15 is 0 Å². The molecule has 2 atom stereocenters. The lowest BCUT2D eigenvalue weighted by atomic mass is 10.0. The number of unbranched alkanes of at least 4 members (excludes halogenated alkanes) is 1. The largest absolute Gasteiger partial charge is 0.495 e. The molecular weight excluding hydrogens is 720 g/mol. The maximum atomic E-state index is 13.2. The van der Waals surface area contributed by atoms with Crippen LogP contribution in [0.15, 0.2) is 55.0 Å². The number of carbonyl (C=O) groups is 4. The average molecular weight is 759 g/mol. The molecule has 1 amide bonds. The standard InChI is InChI=1S/C29H35ClN8O7.C4H4O4/c1-19(7-3-4-14-44-38(41)42)28(40)45-25-8-5-13-37(25)29-35-17-21(27(39)34-18-24-31-11-6-12-32-24)26(36-29)33-16-20-9-10-23(43-2)22(30)15-20;5-3(6)1-2-4(7)8/h6,9-12,15,17,19,25H,3-5,7-8,13-14,16,18H2,1-2H3,(H,34,39)(H,33,35,36);1-2H,(H,5,6)(H,7,8)/b;2-1+. The molecule has 0 radical (unpaired) electrons. The monoisotopic (exact) mass is 758 g/mol. The molecule has 53 heavy (non-hydrogen) atoms. The fourth-order valence-corrected chi connectivity index (χ4v) is 5.06. The minimum absolute atomic E-state index is 0.0154. The summed E-state index contributed by atoms with van der Waals surface area (Å²) in [4.78, 5) is 79.0. The van der Waals surface area contributed by atoms with E-state index in [1.54, 1.807) is 42.4 Å². The average Bonchev–Trinajstić information content (AvgIpc) is 3.60. The number of aliphatic carboxylic acids is 2. The molecule has 1 aliphatic rings. The molecule has 4 rings (SSSR count). The predicted octanol–water partition coefficient (Wildman–Crippen LogP) is 3.67. The first-order valence-electron chi connectivity index (χ1n) is 16.2. The number of ether oxygens (including phenoxy) is 2. The van der Waals surface area contributed by atoms with Crippen LogP contribution in [0.25, 0.3) is 0 Å². The van der Waals surface area contributed by atoms with E-state index in [0.29, 0.717) is 73.5 Å². The quantitative estimate of drug-likeness (QED) is 0.0474. The van der Waals surface area contributed by atoms with E-state index in [1.807, 2.05) is 6.07 Å². The Morgan fingerprint density at radius 2 is 1.83 bits per heavy atom. The highest BCUT2D eigenvalue weighted by atomic mass is 35.5. The smallest absolute Gasteiger partial charge is 0.328 e. The zero-order chi connectivity index (χ0) is 38.8. The van der Waals surface area contributed by atoms with Crippen LogP contribution in [0.5, 0.6) is 5.75 Å². The van der Waals surface area contributed by atoms with Crippen molar-refractivity contribution in [1.82, 2.24) is 25.3 Å². The summed E-state index contributed by atoms with van der Waals surface area (Å²) in [6, 6.07) is 7.04. The summed E-state index contributed by atoms with van der Waals surface area (Å²) in [7, 11) is 1.54. The van der Waals surface area contributed by atoms with Crippen molar-refractivity contribution in [3.8, 4) is 5.75 Å². The van der Waals surface area contributed by atoms with Gasteiger partial charge in [-0.3, -0.25) is 9.59 Å². The molecule has 0 spiro atoms. The van der Waals surface area contributed by atoms with E-state index in [4.69, 9.17) is 31.3 Å². The zero-order valence-electron chi connectivity index (χ0n) is 28.8. The van der Waals surface area contributed by atoms with Gasteiger partial charge in [0.2, 0.25) is 5.95 Å². The fraction of sp³-hybridized carbons (Fsp3) is 0.394. The second-order valence-electron chi connectivity index (χ2n) is 11.3. The molecule has 1 saturated heterocycles. The summed E-state index contributed by atoms with van der Waals surface area (Å²) < 4.78 is 11.1. The lowest BCUT2D eigenvalue weighted by molar-refractivity contribution is -0.757. The highest BCUT2D eigenvalue weighted by Crippen LogP contribution is 2.28. The number of aromatic nitrogens is 4. The number of rotatable bonds is 18. The van der Waals surface area contributed by atoms with Gasteiger partial charge >= 0.3 is 17.9 Å². The molecular formula is C33H39ClN8O11. The van der Waals surface area contributed by atoms with Crippen molar-refractivity contribution >= 4 is 47.2 Å². The Morgan fingerprint density at radius 1 is 1.11 bits per heavy atom. The van der Waals surface area contributed by atoms with Crippen molar-refractivity contribution in [2.75, 3.05) is 30.5 Å². The normalized spacial score (nSPS) is 14.0. The Balaban J connectivity index is 0.000000846. The van der Waals surface area contributed by atoms with Crippen molar-refractivity contribution in [3.63, 3.8) is 0 Å². The van der Waals surface area contributed by atoms with Crippen LogP contribution in [0, 0.1) is 16.0 Å². The highest BCUT2D eigenvalue weighted by Gasteiger charge is 2.32. The van der Waals surface area contributed by atoms with Crippen LogP contribution >= 0.6 is 11.6 Å². The minimum Gasteiger partial charge on any atom is -0.495 e. The van der Waals surface area contributed by atoms with Gasteiger partial charge in [0.25, 0.3) is 11.0 Å². The number of halogens is 1. The number of nitrogens with one attached hydrogen (secondary N) is 2. The number of hydrogen-bond acceptors (Lipinski definition) is 15. The van der Waals surface area contributed by atoms with Crippen LogP contribution in [0.1, 0.15) is 60.8 Å². The molecule has 20 heteroatoms. The van der Waals surface area contributed by atoms with E-state index < -0.39 is 35.1 Å². The molecule has 0 saturated carbocycles. The van der Waals surface area contributed by atoms with Crippen molar-refractivity contribution < 1.29 is 48.8 Å². The third kappa shape index (κ3) is 14.2. The van der Waals surface area contributed by atoms with Gasteiger partial charge in [0, 0.05) is 50.3 Å². The van der Waals surface area contributed by atoms with E-state index in [1.165, 1.54) is 13.3 Å². The maximum Gasteiger partial charge on any atom is 0.328 e. The predicted molar refractivity (Wildman–Crippen MR) is 187 cm³/mol. The van der Waals surface area contributed by atoms with E-state index in [2.05, 4.69) is 35.4 Å². The zero-order valence-corrected chi connectivity index (χ0v) is 29.6. The molecule has 1 aromatic carbocycles. The molecule has 2 unspecified atom stereocenters. The first kappa shape index (κ1) is 41.3. The van der Waals surface area contributed by atoms with E-state index in [9.17, 15) is 29.3 Å². The van der Waals surface area contributed by atoms with Crippen molar-refractivity contribution in [1.29, 1.82) is 0 Å². The van der Waals surface area contributed by atoms with Crippen LogP contribution < -0.4 is 20.3 Å². The first-order valence-corrected chi connectivity index (χ1v) is 16.6. The molecule has 0 bridgehead atoms. The van der Waals surface area contributed by atoms with Gasteiger partial charge in [0.15, 0.2) is 6.23 Å². The number of amides is 1. The number of benzene rings is 1. The Morgan fingerprint density at radius 3 is 2.47 bits per heavy atom. The van der Waals surface area contributed by atoms with Crippen molar-refractivity contribution in [2.24, 2.45) is 5.92 Å². The van der Waals surface area contributed by atoms with Gasteiger partial charge in [-0.1, -0.05) is 31.0 Å². The van der Waals surface area contributed by atoms with Gasteiger partial charge in [-0.2, -0.15) is 4.98 Å². The first-order chi connectivity index (χ1) is 25.4. The molecule has 1 fully saturated rings. The number of nitrogens with zero attached hydrogens (tertiary/aromatic N) is 6. The Labute approximate surface area is 308 Å². The van der Waals surface area contributed by atoms with Crippen LogP contribution in [-0.4, -0.2) is 85.5 Å². The summed E-state index contributed by atoms with van der Waals surface area (Å²) in [5, 5.41) is 31.6.